The van der Waals surface area contributed by atoms with Gasteiger partial charge in [-0.3, -0.25) is 0 Å². The van der Waals surface area contributed by atoms with E-state index in [9.17, 15) is 0 Å². The van der Waals surface area contributed by atoms with Crippen molar-refractivity contribution in [2.45, 2.75) is 25.9 Å². The second-order valence-electron chi connectivity index (χ2n) is 3.85. The summed E-state index contributed by atoms with van der Waals surface area (Å²) in [6.45, 7) is 4.90. The van der Waals surface area contributed by atoms with Crippen LogP contribution < -0.4 is 15.8 Å². The summed E-state index contributed by atoms with van der Waals surface area (Å²) < 4.78 is 5.30. The molecule has 3 N–H and O–H groups in total. The Bertz CT molecular complexity index is 299. The third kappa shape index (κ3) is 3.53. The highest BCUT2D eigenvalue weighted by atomic mass is 16.5. The molecule has 0 aliphatic heterocycles. The molecule has 3 heteroatoms. The van der Waals surface area contributed by atoms with Gasteiger partial charge in [0, 0.05) is 24.2 Å². The van der Waals surface area contributed by atoms with Crippen molar-refractivity contribution in [3.63, 3.8) is 0 Å². The van der Waals surface area contributed by atoms with Crippen molar-refractivity contribution < 1.29 is 4.74 Å². The second kappa shape index (κ2) is 5.73. The molecule has 0 aromatic heterocycles. The van der Waals surface area contributed by atoms with E-state index in [0.717, 1.165) is 12.3 Å². The second-order valence-corrected chi connectivity index (χ2v) is 3.85. The molecule has 1 aromatic rings. The zero-order valence-corrected chi connectivity index (χ0v) is 9.66. The Hall–Kier alpha value is -1.06. The van der Waals surface area contributed by atoms with E-state index in [1.165, 1.54) is 5.56 Å². The number of nitrogens with two attached hydrogens (primary N) is 1. The van der Waals surface area contributed by atoms with Crippen LogP contribution >= 0.6 is 0 Å². The van der Waals surface area contributed by atoms with E-state index in [-0.39, 0.29) is 12.1 Å². The lowest BCUT2D eigenvalue weighted by Crippen LogP contribution is -2.32. The summed E-state index contributed by atoms with van der Waals surface area (Å²) in [7, 11) is 1.69. The molecule has 0 spiro atoms. The molecule has 0 saturated carbocycles. The Kier molecular flexibility index (Phi) is 4.59. The predicted octanol–water partition coefficient (Wildman–Crippen LogP) is 1.69. The van der Waals surface area contributed by atoms with E-state index in [4.69, 9.17) is 10.5 Å². The van der Waals surface area contributed by atoms with E-state index in [1.54, 1.807) is 7.11 Å². The summed E-state index contributed by atoms with van der Waals surface area (Å²) in [5.74, 6) is 0.919. The molecular formula is C12H20N2O. The third-order valence-electron chi connectivity index (χ3n) is 2.35. The van der Waals surface area contributed by atoms with Crippen LogP contribution in [0.2, 0.25) is 0 Å². The lowest BCUT2D eigenvalue weighted by atomic mass is 10.1. The maximum atomic E-state index is 5.70. The van der Waals surface area contributed by atoms with Gasteiger partial charge in [-0.15, -0.1) is 0 Å². The van der Waals surface area contributed by atoms with Crippen LogP contribution in [0.4, 0.5) is 0 Å². The molecule has 0 radical (unpaired) electrons. The summed E-state index contributed by atoms with van der Waals surface area (Å²) in [5, 5.41) is 3.37. The molecule has 0 heterocycles. The summed E-state index contributed by atoms with van der Waals surface area (Å²) in [5.41, 5.74) is 6.86. The zero-order chi connectivity index (χ0) is 11.3. The van der Waals surface area contributed by atoms with Crippen molar-refractivity contribution in [1.29, 1.82) is 0 Å². The number of para-hydroxylation sites is 1. The van der Waals surface area contributed by atoms with Crippen LogP contribution in [-0.4, -0.2) is 19.7 Å². The van der Waals surface area contributed by atoms with Gasteiger partial charge in [-0.1, -0.05) is 18.2 Å². The van der Waals surface area contributed by atoms with Gasteiger partial charge in [0.15, 0.2) is 0 Å². The topological polar surface area (TPSA) is 47.3 Å². The van der Waals surface area contributed by atoms with E-state index in [2.05, 4.69) is 18.3 Å². The number of ether oxygens (including phenoxy) is 1. The van der Waals surface area contributed by atoms with Gasteiger partial charge in [0.2, 0.25) is 0 Å². The molecule has 0 saturated heterocycles. The number of hydrogen-bond acceptors (Lipinski definition) is 3. The fraction of sp³-hybridized carbons (Fsp3) is 0.500. The van der Waals surface area contributed by atoms with Crippen molar-refractivity contribution in [2.75, 3.05) is 13.7 Å². The largest absolute Gasteiger partial charge is 0.496 e. The molecule has 3 nitrogen and oxygen atoms in total. The van der Waals surface area contributed by atoms with Gasteiger partial charge >= 0.3 is 0 Å². The molecule has 0 aliphatic carbocycles. The fourth-order valence-corrected chi connectivity index (χ4v) is 1.50. The molecule has 0 aliphatic rings. The molecular weight excluding hydrogens is 188 g/mol. The Morgan fingerprint density at radius 2 is 2.00 bits per heavy atom. The van der Waals surface area contributed by atoms with Gasteiger partial charge in [0.1, 0.15) is 5.75 Å². The highest BCUT2D eigenvalue weighted by Gasteiger charge is 2.10. The molecule has 0 bridgehead atoms. The van der Waals surface area contributed by atoms with Gasteiger partial charge in [0.25, 0.3) is 0 Å². The first kappa shape index (κ1) is 12.0. The van der Waals surface area contributed by atoms with Crippen molar-refractivity contribution >= 4 is 0 Å². The quantitative estimate of drug-likeness (QED) is 0.774. The number of rotatable bonds is 5. The maximum Gasteiger partial charge on any atom is 0.123 e. The van der Waals surface area contributed by atoms with Crippen LogP contribution in [0.5, 0.6) is 5.75 Å². The molecule has 1 unspecified atom stereocenters. The van der Waals surface area contributed by atoms with Crippen LogP contribution in [-0.2, 0) is 0 Å². The standard InChI is InChI=1S/C12H20N2O/c1-9(13)8-14-10(2)11-6-4-5-7-12(11)15-3/h4-7,9-10,14H,8,13H2,1-3H3/t9?,10-/m0/s1. The van der Waals surface area contributed by atoms with Crippen molar-refractivity contribution in [3.05, 3.63) is 29.8 Å². The van der Waals surface area contributed by atoms with E-state index in [0.29, 0.717) is 0 Å². The van der Waals surface area contributed by atoms with Crippen LogP contribution in [0.15, 0.2) is 24.3 Å². The number of benzene rings is 1. The molecule has 2 atom stereocenters. The van der Waals surface area contributed by atoms with Crippen molar-refractivity contribution in [3.8, 4) is 5.75 Å². The first-order valence-electron chi connectivity index (χ1n) is 5.27. The minimum atomic E-state index is 0.169. The van der Waals surface area contributed by atoms with Gasteiger partial charge in [-0.2, -0.15) is 0 Å². The van der Waals surface area contributed by atoms with Crippen LogP contribution in [0, 0.1) is 0 Å². The molecule has 0 fully saturated rings. The van der Waals surface area contributed by atoms with E-state index < -0.39 is 0 Å². The lowest BCUT2D eigenvalue weighted by molar-refractivity contribution is 0.400. The Labute approximate surface area is 91.6 Å². The van der Waals surface area contributed by atoms with Gasteiger partial charge < -0.3 is 15.8 Å². The Morgan fingerprint density at radius 3 is 2.60 bits per heavy atom. The highest BCUT2D eigenvalue weighted by molar-refractivity contribution is 5.35. The molecule has 1 aromatic carbocycles. The van der Waals surface area contributed by atoms with Gasteiger partial charge in [0.05, 0.1) is 7.11 Å². The number of methoxy groups -OCH3 is 1. The molecule has 1 rings (SSSR count). The predicted molar refractivity (Wildman–Crippen MR) is 63.1 cm³/mol. The average Bonchev–Trinajstić information content (AvgIpc) is 2.25. The normalized spacial score (nSPS) is 14.7. The maximum absolute atomic E-state index is 5.70. The fourth-order valence-electron chi connectivity index (χ4n) is 1.50. The summed E-state index contributed by atoms with van der Waals surface area (Å²) in [6.07, 6.45) is 0. The number of nitrogens with one attached hydrogen (secondary N) is 1. The zero-order valence-electron chi connectivity index (χ0n) is 9.66. The lowest BCUT2D eigenvalue weighted by Gasteiger charge is -2.18. The van der Waals surface area contributed by atoms with Crippen molar-refractivity contribution in [1.82, 2.24) is 5.32 Å². The average molecular weight is 208 g/mol. The SMILES string of the molecule is COc1ccccc1[C@H](C)NCC(C)N. The van der Waals surface area contributed by atoms with Crippen LogP contribution in [0.1, 0.15) is 25.5 Å². The van der Waals surface area contributed by atoms with Crippen molar-refractivity contribution in [2.24, 2.45) is 5.73 Å². The van der Waals surface area contributed by atoms with E-state index in [1.807, 2.05) is 25.1 Å². The van der Waals surface area contributed by atoms with Crippen LogP contribution in [0.3, 0.4) is 0 Å². The van der Waals surface area contributed by atoms with Gasteiger partial charge in [-0.05, 0) is 19.9 Å². The smallest absolute Gasteiger partial charge is 0.123 e. The molecule has 0 amide bonds. The van der Waals surface area contributed by atoms with Crippen LogP contribution in [0.25, 0.3) is 0 Å². The summed E-state index contributed by atoms with van der Waals surface area (Å²) in [4.78, 5) is 0. The van der Waals surface area contributed by atoms with Gasteiger partial charge in [-0.25, -0.2) is 0 Å². The Balaban J connectivity index is 2.68. The monoisotopic (exact) mass is 208 g/mol. The molecule has 15 heavy (non-hydrogen) atoms. The first-order chi connectivity index (χ1) is 7.15. The Morgan fingerprint density at radius 1 is 1.33 bits per heavy atom. The summed E-state index contributed by atoms with van der Waals surface area (Å²) >= 11 is 0. The molecule has 84 valence electrons. The summed E-state index contributed by atoms with van der Waals surface area (Å²) in [6, 6.07) is 8.45. The third-order valence-corrected chi connectivity index (χ3v) is 2.35. The van der Waals surface area contributed by atoms with E-state index >= 15 is 0 Å². The number of hydrogen-bond donors (Lipinski definition) is 2. The minimum absolute atomic E-state index is 0.169. The first-order valence-corrected chi connectivity index (χ1v) is 5.27. The highest BCUT2D eigenvalue weighted by Crippen LogP contribution is 2.23. The minimum Gasteiger partial charge on any atom is -0.496 e.